The van der Waals surface area contributed by atoms with Gasteiger partial charge in [-0.05, 0) is 57.0 Å². The van der Waals surface area contributed by atoms with Crippen LogP contribution in [0.1, 0.15) is 32.6 Å². The predicted octanol–water partition coefficient (Wildman–Crippen LogP) is 2.20. The van der Waals surface area contributed by atoms with Crippen molar-refractivity contribution < 1.29 is 0 Å². The van der Waals surface area contributed by atoms with Crippen LogP contribution in [-0.4, -0.2) is 48.6 Å². The van der Waals surface area contributed by atoms with Crippen molar-refractivity contribution in [1.29, 1.82) is 0 Å². The topological polar surface area (TPSA) is 15.3 Å². The first-order valence-electron chi connectivity index (χ1n) is 6.92. The lowest BCUT2D eigenvalue weighted by molar-refractivity contribution is 0.165. The Balaban J connectivity index is 1.80. The van der Waals surface area contributed by atoms with Crippen LogP contribution >= 0.6 is 11.8 Å². The maximum atomic E-state index is 3.54. The summed E-state index contributed by atoms with van der Waals surface area (Å²) in [5.74, 6) is 3.67. The zero-order chi connectivity index (χ0) is 11.2. The van der Waals surface area contributed by atoms with Crippen molar-refractivity contribution in [1.82, 2.24) is 10.2 Å². The van der Waals surface area contributed by atoms with E-state index in [0.29, 0.717) is 0 Å². The fraction of sp³-hybridized carbons (Fsp3) is 1.00. The molecular formula is C13H26N2S. The summed E-state index contributed by atoms with van der Waals surface area (Å²) in [5, 5.41) is 3.54. The van der Waals surface area contributed by atoms with Gasteiger partial charge in [0.05, 0.1) is 0 Å². The van der Waals surface area contributed by atoms with E-state index in [4.69, 9.17) is 0 Å². The first-order chi connectivity index (χ1) is 7.90. The van der Waals surface area contributed by atoms with Crippen LogP contribution in [0.25, 0.3) is 0 Å². The second kappa shape index (κ2) is 6.87. The van der Waals surface area contributed by atoms with Crippen LogP contribution in [0.4, 0.5) is 0 Å². The second-order valence-electron chi connectivity index (χ2n) is 5.22. The largest absolute Gasteiger partial charge is 0.316 e. The molecule has 3 heteroatoms. The number of hydrogen-bond donors (Lipinski definition) is 1. The Morgan fingerprint density at radius 3 is 2.94 bits per heavy atom. The lowest BCUT2D eigenvalue weighted by atomic mass is 9.98. The maximum Gasteiger partial charge on any atom is 0.0194 e. The van der Waals surface area contributed by atoms with Crippen molar-refractivity contribution in [3.05, 3.63) is 0 Å². The van der Waals surface area contributed by atoms with Crippen LogP contribution in [-0.2, 0) is 0 Å². The fourth-order valence-electron chi connectivity index (χ4n) is 2.93. The van der Waals surface area contributed by atoms with Crippen LogP contribution in [0, 0.1) is 5.92 Å². The van der Waals surface area contributed by atoms with Gasteiger partial charge in [-0.15, -0.1) is 0 Å². The van der Waals surface area contributed by atoms with Gasteiger partial charge in [0, 0.05) is 18.3 Å². The Morgan fingerprint density at radius 2 is 2.31 bits per heavy atom. The number of thioether (sulfide) groups is 1. The molecule has 0 aromatic rings. The van der Waals surface area contributed by atoms with E-state index in [1.807, 2.05) is 0 Å². The van der Waals surface area contributed by atoms with Gasteiger partial charge in [0.15, 0.2) is 0 Å². The smallest absolute Gasteiger partial charge is 0.0194 e. The molecule has 1 N–H and O–H groups in total. The molecule has 0 spiro atoms. The lowest BCUT2D eigenvalue weighted by Gasteiger charge is -2.33. The summed E-state index contributed by atoms with van der Waals surface area (Å²) >= 11 is 2.14. The molecule has 0 radical (unpaired) electrons. The molecule has 2 unspecified atom stereocenters. The predicted molar refractivity (Wildman–Crippen MR) is 73.2 cm³/mol. The van der Waals surface area contributed by atoms with Crippen molar-refractivity contribution in [3.8, 4) is 0 Å². The van der Waals surface area contributed by atoms with E-state index in [9.17, 15) is 0 Å². The first kappa shape index (κ1) is 12.7. The fourth-order valence-corrected chi connectivity index (χ4v) is 4.19. The molecule has 0 saturated carbocycles. The number of piperidine rings is 1. The van der Waals surface area contributed by atoms with Gasteiger partial charge in [-0.25, -0.2) is 0 Å². The van der Waals surface area contributed by atoms with E-state index in [-0.39, 0.29) is 0 Å². The first-order valence-corrected chi connectivity index (χ1v) is 8.08. The molecule has 0 amide bonds. The average molecular weight is 242 g/mol. The Bertz CT molecular complexity index is 186. The van der Waals surface area contributed by atoms with Gasteiger partial charge in [-0.3, -0.25) is 4.90 Å². The molecule has 2 aliphatic rings. The number of hydrogen-bond acceptors (Lipinski definition) is 3. The minimum absolute atomic E-state index is 0.881. The van der Waals surface area contributed by atoms with Crippen molar-refractivity contribution in [2.24, 2.45) is 5.92 Å². The van der Waals surface area contributed by atoms with E-state index in [1.54, 1.807) is 0 Å². The van der Waals surface area contributed by atoms with E-state index < -0.39 is 0 Å². The molecule has 0 bridgehead atoms. The third kappa shape index (κ3) is 3.64. The maximum absolute atomic E-state index is 3.54. The molecule has 0 aliphatic carbocycles. The van der Waals surface area contributed by atoms with Gasteiger partial charge in [-0.2, -0.15) is 11.8 Å². The minimum atomic E-state index is 0.881. The lowest BCUT2D eigenvalue weighted by Crippen LogP contribution is -2.43. The van der Waals surface area contributed by atoms with Crippen LogP contribution in [0.5, 0.6) is 0 Å². The molecule has 16 heavy (non-hydrogen) atoms. The standard InChI is InChI=1S/C13H26N2S/c1-2-7-15(13-5-8-16-11-13)10-12-4-3-6-14-9-12/h12-14H,2-11H2,1H3. The third-order valence-corrected chi connectivity index (χ3v) is 4.97. The van der Waals surface area contributed by atoms with Gasteiger partial charge in [0.2, 0.25) is 0 Å². The zero-order valence-electron chi connectivity index (χ0n) is 10.6. The Morgan fingerprint density at radius 1 is 1.38 bits per heavy atom. The zero-order valence-corrected chi connectivity index (χ0v) is 11.4. The van der Waals surface area contributed by atoms with Crippen LogP contribution < -0.4 is 5.32 Å². The normalized spacial score (nSPS) is 31.1. The SMILES string of the molecule is CCCN(CC1CCCNC1)C1CCSC1. The average Bonchev–Trinajstić information content (AvgIpc) is 2.83. The molecule has 2 nitrogen and oxygen atoms in total. The van der Waals surface area contributed by atoms with Gasteiger partial charge >= 0.3 is 0 Å². The number of nitrogens with one attached hydrogen (secondary N) is 1. The molecule has 2 atom stereocenters. The molecular weight excluding hydrogens is 216 g/mol. The molecule has 2 fully saturated rings. The molecule has 0 aromatic heterocycles. The minimum Gasteiger partial charge on any atom is -0.316 e. The monoisotopic (exact) mass is 242 g/mol. The number of rotatable bonds is 5. The molecule has 2 saturated heterocycles. The van der Waals surface area contributed by atoms with Gasteiger partial charge in [0.25, 0.3) is 0 Å². The Kier molecular flexibility index (Phi) is 5.46. The molecule has 2 rings (SSSR count). The van der Waals surface area contributed by atoms with Crippen molar-refractivity contribution in [2.45, 2.75) is 38.6 Å². The van der Waals surface area contributed by atoms with E-state index in [1.165, 1.54) is 63.4 Å². The van der Waals surface area contributed by atoms with Gasteiger partial charge < -0.3 is 5.32 Å². The Hall–Kier alpha value is 0.270. The van der Waals surface area contributed by atoms with Crippen LogP contribution in [0.15, 0.2) is 0 Å². The van der Waals surface area contributed by atoms with Crippen molar-refractivity contribution in [2.75, 3.05) is 37.7 Å². The number of nitrogens with zero attached hydrogens (tertiary/aromatic N) is 1. The van der Waals surface area contributed by atoms with Crippen molar-refractivity contribution in [3.63, 3.8) is 0 Å². The third-order valence-electron chi connectivity index (χ3n) is 3.82. The molecule has 2 heterocycles. The summed E-state index contributed by atoms with van der Waals surface area (Å²) in [6, 6.07) is 0.881. The highest BCUT2D eigenvalue weighted by Gasteiger charge is 2.25. The quantitative estimate of drug-likeness (QED) is 0.796. The van der Waals surface area contributed by atoms with Gasteiger partial charge in [0.1, 0.15) is 0 Å². The van der Waals surface area contributed by atoms with Crippen LogP contribution in [0.2, 0.25) is 0 Å². The second-order valence-corrected chi connectivity index (χ2v) is 6.37. The summed E-state index contributed by atoms with van der Waals surface area (Å²) in [6.07, 6.45) is 5.54. The Labute approximate surface area is 105 Å². The highest BCUT2D eigenvalue weighted by atomic mass is 32.2. The van der Waals surface area contributed by atoms with E-state index in [2.05, 4.69) is 28.9 Å². The van der Waals surface area contributed by atoms with Gasteiger partial charge in [-0.1, -0.05) is 6.92 Å². The molecule has 0 aromatic carbocycles. The summed E-state index contributed by atoms with van der Waals surface area (Å²) < 4.78 is 0. The molecule has 94 valence electrons. The summed E-state index contributed by atoms with van der Waals surface area (Å²) in [4.78, 5) is 2.78. The highest BCUT2D eigenvalue weighted by molar-refractivity contribution is 7.99. The van der Waals surface area contributed by atoms with E-state index in [0.717, 1.165) is 12.0 Å². The highest BCUT2D eigenvalue weighted by Crippen LogP contribution is 2.24. The summed E-state index contributed by atoms with van der Waals surface area (Å²) in [7, 11) is 0. The molecule has 2 aliphatic heterocycles. The van der Waals surface area contributed by atoms with E-state index >= 15 is 0 Å². The van der Waals surface area contributed by atoms with Crippen LogP contribution in [0.3, 0.4) is 0 Å². The summed E-state index contributed by atoms with van der Waals surface area (Å²) in [5.41, 5.74) is 0. The summed E-state index contributed by atoms with van der Waals surface area (Å²) in [6.45, 7) is 7.45. The van der Waals surface area contributed by atoms with Crippen molar-refractivity contribution >= 4 is 11.8 Å².